The Labute approximate surface area is 83.0 Å². The molecule has 1 saturated heterocycles. The first-order chi connectivity index (χ1) is 6.81. The molecule has 76 valence electrons. The molecule has 0 aromatic heterocycles. The summed E-state index contributed by atoms with van der Waals surface area (Å²) >= 11 is 0. The number of nitrogens with zero attached hydrogens (tertiary/aromatic N) is 1. The number of anilines is 1. The van der Waals surface area contributed by atoms with Gasteiger partial charge < -0.3 is 10.0 Å². The lowest BCUT2D eigenvalue weighted by Crippen LogP contribution is -2.31. The Bertz CT molecular complexity index is 316. The zero-order chi connectivity index (χ0) is 9.97. The molecule has 0 bridgehead atoms. The highest BCUT2D eigenvalue weighted by Crippen LogP contribution is 2.25. The molecular formula is C11H14FNO. The molecule has 14 heavy (non-hydrogen) atoms. The van der Waals surface area contributed by atoms with E-state index in [4.69, 9.17) is 5.11 Å². The van der Waals surface area contributed by atoms with Gasteiger partial charge in [0.15, 0.2) is 0 Å². The fourth-order valence-corrected chi connectivity index (χ4v) is 2.02. The van der Waals surface area contributed by atoms with Crippen LogP contribution in [0.4, 0.5) is 10.1 Å². The highest BCUT2D eigenvalue weighted by atomic mass is 19.1. The molecule has 1 aromatic rings. The third-order valence-corrected chi connectivity index (χ3v) is 2.73. The average molecular weight is 195 g/mol. The fourth-order valence-electron chi connectivity index (χ4n) is 2.02. The summed E-state index contributed by atoms with van der Waals surface area (Å²) < 4.78 is 13.0. The molecule has 1 aromatic carbocycles. The van der Waals surface area contributed by atoms with Gasteiger partial charge in [-0.3, -0.25) is 0 Å². The number of hydrogen-bond acceptors (Lipinski definition) is 2. The molecule has 1 aliphatic heterocycles. The van der Waals surface area contributed by atoms with E-state index in [1.165, 1.54) is 12.1 Å². The van der Waals surface area contributed by atoms with Gasteiger partial charge in [-0.2, -0.15) is 0 Å². The number of aliphatic hydroxyl groups is 1. The maximum absolute atomic E-state index is 13.0. The van der Waals surface area contributed by atoms with Crippen molar-refractivity contribution in [1.82, 2.24) is 0 Å². The molecule has 0 radical (unpaired) electrons. The summed E-state index contributed by atoms with van der Waals surface area (Å²) in [4.78, 5) is 2.07. The van der Waals surface area contributed by atoms with Crippen LogP contribution in [0.2, 0.25) is 0 Å². The average Bonchev–Trinajstić information content (AvgIpc) is 2.65. The molecule has 3 heteroatoms. The molecule has 0 aliphatic carbocycles. The van der Waals surface area contributed by atoms with E-state index < -0.39 is 0 Å². The summed E-state index contributed by atoms with van der Waals surface area (Å²) in [5.74, 6) is -0.217. The third kappa shape index (κ3) is 1.73. The largest absolute Gasteiger partial charge is 0.394 e. The lowest BCUT2D eigenvalue weighted by Gasteiger charge is -2.25. The topological polar surface area (TPSA) is 23.5 Å². The third-order valence-electron chi connectivity index (χ3n) is 2.73. The first-order valence-electron chi connectivity index (χ1n) is 4.94. The van der Waals surface area contributed by atoms with Crippen molar-refractivity contribution in [3.8, 4) is 0 Å². The molecule has 1 fully saturated rings. The van der Waals surface area contributed by atoms with Gasteiger partial charge in [-0.15, -0.1) is 0 Å². The number of benzene rings is 1. The Morgan fingerprint density at radius 1 is 1.50 bits per heavy atom. The maximum atomic E-state index is 13.0. The van der Waals surface area contributed by atoms with Gasteiger partial charge in [0.05, 0.1) is 12.6 Å². The monoisotopic (exact) mass is 195 g/mol. The van der Waals surface area contributed by atoms with Crippen LogP contribution in [0, 0.1) is 5.82 Å². The van der Waals surface area contributed by atoms with Crippen molar-refractivity contribution in [3.63, 3.8) is 0 Å². The van der Waals surface area contributed by atoms with Crippen LogP contribution in [0.15, 0.2) is 24.3 Å². The van der Waals surface area contributed by atoms with Crippen molar-refractivity contribution in [2.45, 2.75) is 18.9 Å². The second kappa shape index (κ2) is 3.96. The van der Waals surface area contributed by atoms with Gasteiger partial charge in [-0.25, -0.2) is 4.39 Å². The Hall–Kier alpha value is -1.09. The van der Waals surface area contributed by atoms with Crippen LogP contribution in [-0.2, 0) is 0 Å². The van der Waals surface area contributed by atoms with Crippen LogP contribution >= 0.6 is 0 Å². The van der Waals surface area contributed by atoms with Crippen LogP contribution in [0.25, 0.3) is 0 Å². The summed E-state index contributed by atoms with van der Waals surface area (Å²) in [5.41, 5.74) is 0.876. The molecule has 2 rings (SSSR count). The quantitative estimate of drug-likeness (QED) is 0.777. The lowest BCUT2D eigenvalue weighted by atomic mass is 10.2. The van der Waals surface area contributed by atoms with E-state index in [1.807, 2.05) is 6.07 Å². The minimum absolute atomic E-state index is 0.149. The lowest BCUT2D eigenvalue weighted by molar-refractivity contribution is 0.266. The first kappa shape index (κ1) is 9.46. The van der Waals surface area contributed by atoms with Crippen molar-refractivity contribution in [2.75, 3.05) is 18.1 Å². The molecule has 1 atom stereocenters. The SMILES string of the molecule is OC[C@H]1CCCN1c1cccc(F)c1. The number of halogens is 1. The molecule has 1 heterocycles. The molecule has 0 unspecified atom stereocenters. The standard InChI is InChI=1S/C11H14FNO/c12-9-3-1-4-10(7-9)13-6-2-5-11(13)8-14/h1,3-4,7,11,14H,2,5-6,8H2/t11-/m1/s1. The Balaban J connectivity index is 2.21. The van der Waals surface area contributed by atoms with E-state index in [1.54, 1.807) is 6.07 Å². The summed E-state index contributed by atoms with van der Waals surface area (Å²) in [6, 6.07) is 6.72. The van der Waals surface area contributed by atoms with Gasteiger partial charge in [-0.05, 0) is 31.0 Å². The molecule has 2 nitrogen and oxygen atoms in total. The smallest absolute Gasteiger partial charge is 0.125 e. The summed E-state index contributed by atoms with van der Waals surface area (Å²) in [5, 5.41) is 9.13. The normalized spacial score (nSPS) is 21.6. The predicted molar refractivity (Wildman–Crippen MR) is 53.9 cm³/mol. The molecule has 0 saturated carbocycles. The molecule has 0 spiro atoms. The molecule has 0 amide bonds. The fraction of sp³-hybridized carbons (Fsp3) is 0.455. The highest BCUT2D eigenvalue weighted by molar-refractivity contribution is 5.48. The van der Waals surface area contributed by atoms with Crippen LogP contribution < -0.4 is 4.90 Å². The van der Waals surface area contributed by atoms with Crippen LogP contribution in [0.1, 0.15) is 12.8 Å². The Morgan fingerprint density at radius 2 is 2.36 bits per heavy atom. The van der Waals surface area contributed by atoms with E-state index in [0.717, 1.165) is 25.1 Å². The minimum atomic E-state index is -0.217. The summed E-state index contributed by atoms with van der Waals surface area (Å²) in [7, 11) is 0. The van der Waals surface area contributed by atoms with Crippen molar-refractivity contribution in [2.24, 2.45) is 0 Å². The van der Waals surface area contributed by atoms with E-state index in [-0.39, 0.29) is 18.5 Å². The zero-order valence-corrected chi connectivity index (χ0v) is 7.99. The van der Waals surface area contributed by atoms with Crippen molar-refractivity contribution in [3.05, 3.63) is 30.1 Å². The molecule has 1 N–H and O–H groups in total. The van der Waals surface area contributed by atoms with Crippen molar-refractivity contribution < 1.29 is 9.50 Å². The van der Waals surface area contributed by atoms with Crippen molar-refractivity contribution >= 4 is 5.69 Å². The first-order valence-corrected chi connectivity index (χ1v) is 4.94. The number of aliphatic hydroxyl groups excluding tert-OH is 1. The van der Waals surface area contributed by atoms with Crippen LogP contribution in [0.3, 0.4) is 0 Å². The van der Waals surface area contributed by atoms with Crippen LogP contribution in [0.5, 0.6) is 0 Å². The van der Waals surface area contributed by atoms with Gasteiger partial charge in [0, 0.05) is 12.2 Å². The second-order valence-electron chi connectivity index (χ2n) is 3.65. The number of rotatable bonds is 2. The Morgan fingerprint density at radius 3 is 3.07 bits per heavy atom. The maximum Gasteiger partial charge on any atom is 0.125 e. The van der Waals surface area contributed by atoms with E-state index in [0.29, 0.717) is 0 Å². The van der Waals surface area contributed by atoms with Gasteiger partial charge in [-0.1, -0.05) is 6.07 Å². The second-order valence-corrected chi connectivity index (χ2v) is 3.65. The van der Waals surface area contributed by atoms with E-state index in [2.05, 4.69) is 4.90 Å². The highest BCUT2D eigenvalue weighted by Gasteiger charge is 2.23. The summed E-state index contributed by atoms with van der Waals surface area (Å²) in [6.07, 6.45) is 2.06. The minimum Gasteiger partial charge on any atom is -0.394 e. The van der Waals surface area contributed by atoms with Crippen molar-refractivity contribution in [1.29, 1.82) is 0 Å². The molecule has 1 aliphatic rings. The van der Waals surface area contributed by atoms with Gasteiger partial charge >= 0.3 is 0 Å². The van der Waals surface area contributed by atoms with E-state index in [9.17, 15) is 4.39 Å². The zero-order valence-electron chi connectivity index (χ0n) is 7.99. The number of hydrogen-bond donors (Lipinski definition) is 1. The van der Waals surface area contributed by atoms with E-state index >= 15 is 0 Å². The van der Waals surface area contributed by atoms with Crippen LogP contribution in [-0.4, -0.2) is 24.3 Å². The van der Waals surface area contributed by atoms with Gasteiger partial charge in [0.1, 0.15) is 5.82 Å². The Kier molecular flexibility index (Phi) is 2.68. The molecular weight excluding hydrogens is 181 g/mol. The van der Waals surface area contributed by atoms with Gasteiger partial charge in [0.25, 0.3) is 0 Å². The summed E-state index contributed by atoms with van der Waals surface area (Å²) in [6.45, 7) is 1.06. The van der Waals surface area contributed by atoms with Gasteiger partial charge in [0.2, 0.25) is 0 Å². The predicted octanol–water partition coefficient (Wildman–Crippen LogP) is 1.79.